The van der Waals surface area contributed by atoms with Crippen LogP contribution < -0.4 is 5.56 Å². The molecule has 0 atom stereocenters. The zero-order chi connectivity index (χ0) is 15.7. The van der Waals surface area contributed by atoms with E-state index in [0.29, 0.717) is 15.7 Å². The highest BCUT2D eigenvalue weighted by Crippen LogP contribution is 2.18. The summed E-state index contributed by atoms with van der Waals surface area (Å²) in [6.07, 6.45) is 0. The number of aryl methyl sites for hydroxylation is 1. The molecule has 2 aromatic heterocycles. The number of nitrogens with zero attached hydrogens (tertiary/aromatic N) is 3. The van der Waals surface area contributed by atoms with Gasteiger partial charge >= 0.3 is 5.97 Å². The number of carbonyl (C=O) groups is 1. The number of fused-ring (bicyclic) bond motifs is 1. The molecule has 0 fully saturated rings. The van der Waals surface area contributed by atoms with Crippen molar-refractivity contribution in [3.63, 3.8) is 0 Å². The second kappa shape index (κ2) is 5.57. The highest BCUT2D eigenvalue weighted by Gasteiger charge is 2.14. The van der Waals surface area contributed by atoms with Crippen LogP contribution in [0.5, 0.6) is 5.75 Å². The quantitative estimate of drug-likeness (QED) is 0.736. The van der Waals surface area contributed by atoms with E-state index >= 15 is 0 Å². The summed E-state index contributed by atoms with van der Waals surface area (Å²) in [6.45, 7) is 1.62. The first-order chi connectivity index (χ1) is 10.5. The SMILES string of the molecule is Cc1cc(=O)n2nc(COC(=O)c3ccccc3O)sc2n1. The summed E-state index contributed by atoms with van der Waals surface area (Å²) >= 11 is 1.17. The molecule has 0 radical (unpaired) electrons. The molecule has 0 bridgehead atoms. The lowest BCUT2D eigenvalue weighted by Gasteiger charge is -2.03. The first kappa shape index (κ1) is 14.2. The van der Waals surface area contributed by atoms with E-state index in [2.05, 4.69) is 10.1 Å². The standard InChI is InChI=1S/C14H11N3O4S/c1-8-6-12(19)17-14(15-8)22-11(16-17)7-21-13(20)9-4-2-3-5-10(9)18/h2-6,18H,7H2,1H3. The smallest absolute Gasteiger partial charge is 0.342 e. The van der Waals surface area contributed by atoms with Gasteiger partial charge in [0.1, 0.15) is 17.9 Å². The maximum atomic E-state index is 11.9. The number of benzene rings is 1. The van der Waals surface area contributed by atoms with Crippen LogP contribution >= 0.6 is 11.3 Å². The van der Waals surface area contributed by atoms with Crippen LogP contribution in [0.4, 0.5) is 0 Å². The van der Waals surface area contributed by atoms with Crippen LogP contribution in [0.15, 0.2) is 35.1 Å². The first-order valence-corrected chi connectivity index (χ1v) is 7.18. The molecule has 0 amide bonds. The fraction of sp³-hybridized carbons (Fsp3) is 0.143. The molecule has 8 heteroatoms. The topological polar surface area (TPSA) is 93.8 Å². The number of carbonyl (C=O) groups excluding carboxylic acids is 1. The van der Waals surface area contributed by atoms with E-state index in [1.54, 1.807) is 19.1 Å². The minimum absolute atomic E-state index is 0.0785. The zero-order valence-corrected chi connectivity index (χ0v) is 12.3. The molecule has 0 spiro atoms. The van der Waals surface area contributed by atoms with Crippen LogP contribution in [0.3, 0.4) is 0 Å². The Balaban J connectivity index is 1.80. The van der Waals surface area contributed by atoms with Crippen LogP contribution in [0.25, 0.3) is 4.96 Å². The lowest BCUT2D eigenvalue weighted by Crippen LogP contribution is -2.14. The Morgan fingerprint density at radius 2 is 2.18 bits per heavy atom. The van der Waals surface area contributed by atoms with Crippen LogP contribution in [0.2, 0.25) is 0 Å². The van der Waals surface area contributed by atoms with E-state index in [0.717, 1.165) is 0 Å². The predicted octanol–water partition coefficient (Wildman–Crippen LogP) is 1.52. The van der Waals surface area contributed by atoms with E-state index in [1.165, 1.54) is 34.1 Å². The Labute approximate surface area is 128 Å². The lowest BCUT2D eigenvalue weighted by atomic mass is 10.2. The number of phenols is 1. The van der Waals surface area contributed by atoms with E-state index in [9.17, 15) is 14.7 Å². The van der Waals surface area contributed by atoms with Gasteiger partial charge in [-0.15, -0.1) is 0 Å². The Kier molecular flexibility index (Phi) is 3.60. The van der Waals surface area contributed by atoms with Gasteiger partial charge in [-0.2, -0.15) is 9.61 Å². The fourth-order valence-corrected chi connectivity index (χ4v) is 2.73. The molecule has 1 aromatic carbocycles. The van der Waals surface area contributed by atoms with Crippen molar-refractivity contribution in [3.05, 3.63) is 57.0 Å². The van der Waals surface area contributed by atoms with Crippen molar-refractivity contribution in [1.82, 2.24) is 14.6 Å². The number of phenolic OH excluding ortho intramolecular Hbond substituents is 1. The molecule has 0 unspecified atom stereocenters. The van der Waals surface area contributed by atoms with E-state index in [4.69, 9.17) is 4.74 Å². The van der Waals surface area contributed by atoms with Crippen molar-refractivity contribution < 1.29 is 14.6 Å². The van der Waals surface area contributed by atoms with Crippen LogP contribution in [-0.2, 0) is 11.3 Å². The molecule has 0 aliphatic heterocycles. The van der Waals surface area contributed by atoms with Gasteiger partial charge < -0.3 is 9.84 Å². The largest absolute Gasteiger partial charge is 0.507 e. The minimum atomic E-state index is -0.658. The highest BCUT2D eigenvalue weighted by atomic mass is 32.1. The average molecular weight is 317 g/mol. The van der Waals surface area contributed by atoms with Gasteiger partial charge in [-0.3, -0.25) is 4.79 Å². The monoisotopic (exact) mass is 317 g/mol. The summed E-state index contributed by atoms with van der Waals surface area (Å²) in [5.41, 5.74) is 0.401. The lowest BCUT2D eigenvalue weighted by molar-refractivity contribution is 0.0468. The number of hydrogen-bond donors (Lipinski definition) is 1. The van der Waals surface area contributed by atoms with Gasteiger partial charge in [0.25, 0.3) is 5.56 Å². The number of esters is 1. The molecular weight excluding hydrogens is 306 g/mol. The summed E-state index contributed by atoms with van der Waals surface area (Å²) in [5.74, 6) is -0.806. The average Bonchev–Trinajstić information content (AvgIpc) is 2.88. The van der Waals surface area contributed by atoms with Crippen LogP contribution in [0, 0.1) is 6.92 Å². The Morgan fingerprint density at radius 1 is 1.41 bits per heavy atom. The van der Waals surface area contributed by atoms with Gasteiger partial charge in [0.05, 0.1) is 0 Å². The van der Waals surface area contributed by atoms with Gasteiger partial charge in [0.2, 0.25) is 4.96 Å². The van der Waals surface area contributed by atoms with Crippen molar-refractivity contribution in [2.45, 2.75) is 13.5 Å². The Bertz CT molecular complexity index is 916. The van der Waals surface area contributed by atoms with Crippen molar-refractivity contribution in [2.75, 3.05) is 0 Å². The molecule has 112 valence electrons. The molecule has 3 rings (SSSR count). The number of ether oxygens (including phenoxy) is 1. The third kappa shape index (κ3) is 2.68. The molecule has 2 heterocycles. The summed E-state index contributed by atoms with van der Waals surface area (Å²) < 4.78 is 6.27. The second-order valence-corrected chi connectivity index (χ2v) is 5.56. The van der Waals surface area contributed by atoms with Crippen molar-refractivity contribution in [2.24, 2.45) is 0 Å². The molecule has 0 saturated carbocycles. The van der Waals surface area contributed by atoms with Gasteiger partial charge in [-0.1, -0.05) is 23.5 Å². The molecule has 22 heavy (non-hydrogen) atoms. The number of hydrogen-bond acceptors (Lipinski definition) is 7. The number of rotatable bonds is 3. The summed E-state index contributed by atoms with van der Waals surface area (Å²) in [6, 6.07) is 7.48. The maximum Gasteiger partial charge on any atom is 0.342 e. The molecule has 0 aliphatic rings. The Hall–Kier alpha value is -2.74. The number of para-hydroxylation sites is 1. The zero-order valence-electron chi connectivity index (χ0n) is 11.5. The molecular formula is C14H11N3O4S. The second-order valence-electron chi connectivity index (χ2n) is 4.52. The summed E-state index contributed by atoms with van der Waals surface area (Å²) in [5, 5.41) is 14.1. The van der Waals surface area contributed by atoms with Crippen molar-refractivity contribution in [3.8, 4) is 5.75 Å². The fourth-order valence-electron chi connectivity index (χ4n) is 1.87. The molecule has 1 N–H and O–H groups in total. The van der Waals surface area contributed by atoms with Crippen LogP contribution in [-0.4, -0.2) is 25.7 Å². The van der Waals surface area contributed by atoms with E-state index in [-0.39, 0.29) is 23.5 Å². The van der Waals surface area contributed by atoms with Crippen molar-refractivity contribution >= 4 is 22.3 Å². The number of aromatic nitrogens is 3. The summed E-state index contributed by atoms with van der Waals surface area (Å²) in [4.78, 5) is 28.3. The normalized spacial score (nSPS) is 10.8. The summed E-state index contributed by atoms with van der Waals surface area (Å²) in [7, 11) is 0. The first-order valence-electron chi connectivity index (χ1n) is 6.36. The van der Waals surface area contributed by atoms with Crippen LogP contribution in [0.1, 0.15) is 21.1 Å². The van der Waals surface area contributed by atoms with Gasteiger partial charge in [-0.25, -0.2) is 9.78 Å². The van der Waals surface area contributed by atoms with E-state index in [1.807, 2.05) is 0 Å². The minimum Gasteiger partial charge on any atom is -0.507 e. The van der Waals surface area contributed by atoms with Gasteiger partial charge in [-0.05, 0) is 19.1 Å². The number of aromatic hydroxyl groups is 1. The van der Waals surface area contributed by atoms with Crippen molar-refractivity contribution in [1.29, 1.82) is 0 Å². The third-order valence-electron chi connectivity index (χ3n) is 2.87. The van der Waals surface area contributed by atoms with E-state index < -0.39 is 5.97 Å². The van der Waals surface area contributed by atoms with Gasteiger partial charge in [0, 0.05) is 11.8 Å². The molecule has 3 aromatic rings. The molecule has 0 aliphatic carbocycles. The maximum absolute atomic E-state index is 11.9. The highest BCUT2D eigenvalue weighted by molar-refractivity contribution is 7.16. The van der Waals surface area contributed by atoms with Gasteiger partial charge in [0.15, 0.2) is 5.01 Å². The molecule has 0 saturated heterocycles. The predicted molar refractivity (Wildman–Crippen MR) is 79.1 cm³/mol. The Morgan fingerprint density at radius 3 is 2.95 bits per heavy atom. The third-order valence-corrected chi connectivity index (χ3v) is 3.75. The molecule has 7 nitrogen and oxygen atoms in total.